The number of non-ortho nitro benzene ring substituents is 1. The topological polar surface area (TPSA) is 76.4 Å². The van der Waals surface area contributed by atoms with Gasteiger partial charge in [-0.25, -0.2) is 0 Å². The van der Waals surface area contributed by atoms with E-state index < -0.39 is 4.92 Å². The zero-order valence-corrected chi connectivity index (χ0v) is 15.0. The van der Waals surface area contributed by atoms with Gasteiger partial charge in [0.1, 0.15) is 5.75 Å². The van der Waals surface area contributed by atoms with Crippen molar-refractivity contribution in [3.05, 3.63) is 56.0 Å². The Bertz CT molecular complexity index is 773. The van der Waals surface area contributed by atoms with Crippen LogP contribution in [0.15, 0.2) is 40.9 Å². The van der Waals surface area contributed by atoms with Crippen molar-refractivity contribution in [3.8, 4) is 5.75 Å². The number of ether oxygens (including phenoxy) is 1. The van der Waals surface area contributed by atoms with Crippen LogP contribution in [0, 0.1) is 10.1 Å². The molecule has 120 valence electrons. The Labute approximate surface area is 151 Å². The molecule has 2 aromatic carbocycles. The van der Waals surface area contributed by atoms with Gasteiger partial charge in [-0.2, -0.15) is 0 Å². The van der Waals surface area contributed by atoms with Crippen LogP contribution in [0.1, 0.15) is 0 Å². The van der Waals surface area contributed by atoms with Crippen molar-refractivity contribution < 1.29 is 9.66 Å². The van der Waals surface area contributed by atoms with Gasteiger partial charge in [0.2, 0.25) is 0 Å². The number of nitrogens with one attached hydrogen (secondary N) is 2. The summed E-state index contributed by atoms with van der Waals surface area (Å²) in [5, 5.41) is 17.4. The second-order valence-electron chi connectivity index (χ2n) is 4.34. The van der Waals surface area contributed by atoms with Gasteiger partial charge in [-0.1, -0.05) is 27.5 Å². The third-order valence-electron chi connectivity index (χ3n) is 2.82. The molecular formula is C14H11BrClN3O3S. The lowest BCUT2D eigenvalue weighted by atomic mass is 10.2. The summed E-state index contributed by atoms with van der Waals surface area (Å²) >= 11 is 14.6. The number of hydrogen-bond donors (Lipinski definition) is 2. The van der Waals surface area contributed by atoms with Crippen molar-refractivity contribution in [2.45, 2.75) is 0 Å². The zero-order valence-electron chi connectivity index (χ0n) is 11.8. The second-order valence-corrected chi connectivity index (χ2v) is 6.08. The Balaban J connectivity index is 2.19. The lowest BCUT2D eigenvalue weighted by Gasteiger charge is -2.14. The molecule has 9 heteroatoms. The van der Waals surface area contributed by atoms with Gasteiger partial charge in [-0.3, -0.25) is 10.1 Å². The Hall–Kier alpha value is -1.90. The van der Waals surface area contributed by atoms with Crippen LogP contribution in [-0.4, -0.2) is 17.1 Å². The molecule has 2 N–H and O–H groups in total. The van der Waals surface area contributed by atoms with Crippen LogP contribution in [-0.2, 0) is 0 Å². The number of methoxy groups -OCH3 is 1. The van der Waals surface area contributed by atoms with Crippen LogP contribution < -0.4 is 15.4 Å². The van der Waals surface area contributed by atoms with Crippen LogP contribution in [0.5, 0.6) is 5.75 Å². The molecule has 0 fully saturated rings. The monoisotopic (exact) mass is 415 g/mol. The minimum absolute atomic E-state index is 0.0715. The molecule has 0 aliphatic heterocycles. The SMILES string of the molecule is COc1ccc([N+](=O)[O-])cc1NC(=S)Nc1ccc(Br)cc1Cl. The van der Waals surface area contributed by atoms with Gasteiger partial charge in [0.05, 0.1) is 28.4 Å². The number of nitrogens with zero attached hydrogens (tertiary/aromatic N) is 1. The quantitative estimate of drug-likeness (QED) is 0.422. The van der Waals surface area contributed by atoms with Crippen molar-refractivity contribution in [3.63, 3.8) is 0 Å². The lowest BCUT2D eigenvalue weighted by molar-refractivity contribution is -0.384. The summed E-state index contributed by atoms with van der Waals surface area (Å²) < 4.78 is 6.01. The highest BCUT2D eigenvalue weighted by molar-refractivity contribution is 9.10. The largest absolute Gasteiger partial charge is 0.495 e. The molecule has 0 spiro atoms. The highest BCUT2D eigenvalue weighted by atomic mass is 79.9. The molecule has 2 rings (SSSR count). The van der Waals surface area contributed by atoms with Gasteiger partial charge in [-0.15, -0.1) is 0 Å². The Morgan fingerprint density at radius 3 is 2.57 bits per heavy atom. The fourth-order valence-electron chi connectivity index (χ4n) is 1.77. The summed E-state index contributed by atoms with van der Waals surface area (Å²) in [6, 6.07) is 9.48. The second kappa shape index (κ2) is 7.58. The number of benzene rings is 2. The first kappa shape index (κ1) is 17.5. The normalized spacial score (nSPS) is 10.0. The molecule has 2 aromatic rings. The molecule has 0 aromatic heterocycles. The van der Waals surface area contributed by atoms with E-state index in [4.69, 9.17) is 28.6 Å². The molecule has 0 bridgehead atoms. The molecule has 0 amide bonds. The zero-order chi connectivity index (χ0) is 17.0. The number of halogens is 2. The van der Waals surface area contributed by atoms with Crippen LogP contribution in [0.3, 0.4) is 0 Å². The summed E-state index contributed by atoms with van der Waals surface area (Å²) in [6.45, 7) is 0. The fraction of sp³-hybridized carbons (Fsp3) is 0.0714. The number of rotatable bonds is 4. The van der Waals surface area contributed by atoms with Gasteiger partial charge in [0.25, 0.3) is 5.69 Å². The van der Waals surface area contributed by atoms with Gasteiger partial charge >= 0.3 is 0 Å². The van der Waals surface area contributed by atoms with E-state index in [0.717, 1.165) is 4.47 Å². The highest BCUT2D eigenvalue weighted by Crippen LogP contribution is 2.30. The number of nitro groups is 1. The lowest BCUT2D eigenvalue weighted by Crippen LogP contribution is -2.19. The first-order valence-electron chi connectivity index (χ1n) is 6.26. The summed E-state index contributed by atoms with van der Waals surface area (Å²) in [7, 11) is 1.47. The Kier molecular flexibility index (Phi) is 5.75. The maximum atomic E-state index is 10.9. The van der Waals surface area contributed by atoms with E-state index in [1.54, 1.807) is 12.1 Å². The fourth-order valence-corrected chi connectivity index (χ4v) is 2.71. The highest BCUT2D eigenvalue weighted by Gasteiger charge is 2.13. The number of thiocarbonyl (C=S) groups is 1. The molecule has 0 aliphatic carbocycles. The van der Waals surface area contributed by atoms with Crippen LogP contribution in [0.2, 0.25) is 5.02 Å². The molecule has 23 heavy (non-hydrogen) atoms. The predicted octanol–water partition coefficient (Wildman–Crippen LogP) is 4.83. The summed E-state index contributed by atoms with van der Waals surface area (Å²) in [4.78, 5) is 10.4. The minimum atomic E-state index is -0.493. The van der Waals surface area contributed by atoms with Crippen molar-refractivity contribution >= 4 is 61.9 Å². The molecule has 6 nitrogen and oxygen atoms in total. The van der Waals surface area contributed by atoms with Gasteiger partial charge < -0.3 is 15.4 Å². The van der Waals surface area contributed by atoms with E-state index in [1.807, 2.05) is 6.07 Å². The third-order valence-corrected chi connectivity index (χ3v) is 3.83. The standard InChI is InChI=1S/C14H11BrClN3O3S/c1-22-13-5-3-9(19(20)21)7-12(13)18-14(23)17-11-4-2-8(15)6-10(11)16/h2-7H,1H3,(H2,17,18,23). The van der Waals surface area contributed by atoms with Gasteiger partial charge in [-0.05, 0) is 36.5 Å². The van der Waals surface area contributed by atoms with Crippen molar-refractivity contribution in [2.75, 3.05) is 17.7 Å². The summed E-state index contributed by atoms with van der Waals surface area (Å²) in [5.41, 5.74) is 0.918. The molecule has 0 radical (unpaired) electrons. The van der Waals surface area contributed by atoms with E-state index >= 15 is 0 Å². The van der Waals surface area contributed by atoms with Crippen LogP contribution >= 0.6 is 39.7 Å². The average Bonchev–Trinajstić information content (AvgIpc) is 2.50. The van der Waals surface area contributed by atoms with Gasteiger partial charge in [0, 0.05) is 16.6 Å². The van der Waals surface area contributed by atoms with E-state index in [2.05, 4.69) is 26.6 Å². The average molecular weight is 417 g/mol. The molecule has 0 saturated heterocycles. The van der Waals surface area contributed by atoms with E-state index in [-0.39, 0.29) is 10.8 Å². The maximum Gasteiger partial charge on any atom is 0.271 e. The van der Waals surface area contributed by atoms with Crippen LogP contribution in [0.25, 0.3) is 0 Å². The maximum absolute atomic E-state index is 10.9. The van der Waals surface area contributed by atoms with E-state index in [1.165, 1.54) is 25.3 Å². The number of anilines is 2. The Morgan fingerprint density at radius 2 is 1.96 bits per heavy atom. The van der Waals surface area contributed by atoms with Crippen LogP contribution in [0.4, 0.5) is 17.1 Å². The number of nitro benzene ring substituents is 1. The van der Waals surface area contributed by atoms with Crippen molar-refractivity contribution in [1.29, 1.82) is 0 Å². The molecule has 0 saturated carbocycles. The smallest absolute Gasteiger partial charge is 0.271 e. The van der Waals surface area contributed by atoms with E-state index in [9.17, 15) is 10.1 Å². The molecule has 0 aliphatic rings. The van der Waals surface area contributed by atoms with E-state index in [0.29, 0.717) is 22.1 Å². The minimum Gasteiger partial charge on any atom is -0.495 e. The van der Waals surface area contributed by atoms with Gasteiger partial charge in [0.15, 0.2) is 5.11 Å². The molecular weight excluding hydrogens is 406 g/mol. The molecule has 0 unspecified atom stereocenters. The third kappa shape index (κ3) is 4.54. The first-order chi connectivity index (χ1) is 10.9. The van der Waals surface area contributed by atoms with Crippen molar-refractivity contribution in [2.24, 2.45) is 0 Å². The Morgan fingerprint density at radius 1 is 1.26 bits per heavy atom. The summed E-state index contributed by atoms with van der Waals surface area (Å²) in [5.74, 6) is 0.432. The predicted molar refractivity (Wildman–Crippen MR) is 98.6 cm³/mol. The molecule has 0 atom stereocenters. The molecule has 0 heterocycles. The summed E-state index contributed by atoms with van der Waals surface area (Å²) in [6.07, 6.45) is 0. The van der Waals surface area contributed by atoms with Crippen molar-refractivity contribution in [1.82, 2.24) is 0 Å². The first-order valence-corrected chi connectivity index (χ1v) is 7.84. The number of hydrogen-bond acceptors (Lipinski definition) is 4.